The highest BCUT2D eigenvalue weighted by Crippen LogP contribution is 2.43. The van der Waals surface area contributed by atoms with E-state index >= 15 is 0 Å². The molecule has 0 spiro atoms. The van der Waals surface area contributed by atoms with Gasteiger partial charge in [-0.15, -0.1) is 11.3 Å². The summed E-state index contributed by atoms with van der Waals surface area (Å²) in [6, 6.07) is 20.9. The summed E-state index contributed by atoms with van der Waals surface area (Å²) in [5.74, 6) is -0.324. The van der Waals surface area contributed by atoms with Gasteiger partial charge in [0.15, 0.2) is 0 Å². The minimum Gasteiger partial charge on any atom is -0.507 e. The van der Waals surface area contributed by atoms with Crippen molar-refractivity contribution in [1.29, 1.82) is 0 Å². The van der Waals surface area contributed by atoms with Gasteiger partial charge in [0.1, 0.15) is 23.3 Å². The molecule has 0 aliphatic carbocycles. The summed E-state index contributed by atoms with van der Waals surface area (Å²) in [5.41, 5.74) is 2.10. The van der Waals surface area contributed by atoms with Crippen LogP contribution in [0.5, 0.6) is 11.5 Å². The topological polar surface area (TPSA) is 79.7 Å². The highest BCUT2D eigenvalue weighted by atomic mass is 32.1. The zero-order chi connectivity index (χ0) is 23.7. The number of aromatic nitrogens is 1. The Bertz CT molecular complexity index is 1380. The molecule has 1 N–H and O–H groups in total. The van der Waals surface area contributed by atoms with Crippen LogP contribution < -0.4 is 9.64 Å². The van der Waals surface area contributed by atoms with Crippen molar-refractivity contribution in [2.24, 2.45) is 0 Å². The Labute approximate surface area is 200 Å². The van der Waals surface area contributed by atoms with Crippen molar-refractivity contribution in [1.82, 2.24) is 4.98 Å². The molecule has 2 aromatic heterocycles. The molecule has 1 aliphatic heterocycles. The molecule has 1 saturated heterocycles. The standard InChI is InChI=1S/C27H20N2O4S/c1-17-4-2-5-21(16-17)33-20-9-7-19(8-10-20)29-24(22-6-3-15-34-22)23(26(31)27(29)32)25(30)18-11-13-28-14-12-18/h2-16,24,30H,1H3/b25-23-. The summed E-state index contributed by atoms with van der Waals surface area (Å²) in [7, 11) is 0. The van der Waals surface area contributed by atoms with E-state index in [4.69, 9.17) is 4.74 Å². The second-order valence-corrected chi connectivity index (χ2v) is 8.81. The molecule has 3 heterocycles. The predicted octanol–water partition coefficient (Wildman–Crippen LogP) is 5.87. The number of thiophene rings is 1. The zero-order valence-corrected chi connectivity index (χ0v) is 19.0. The fourth-order valence-electron chi connectivity index (χ4n) is 3.97. The van der Waals surface area contributed by atoms with Crippen LogP contribution in [0.1, 0.15) is 22.0 Å². The quantitative estimate of drug-likeness (QED) is 0.225. The highest BCUT2D eigenvalue weighted by Gasteiger charge is 2.47. The van der Waals surface area contributed by atoms with Crippen molar-refractivity contribution in [3.8, 4) is 11.5 Å². The summed E-state index contributed by atoms with van der Waals surface area (Å²) in [4.78, 5) is 32.4. The van der Waals surface area contributed by atoms with Crippen molar-refractivity contribution < 1.29 is 19.4 Å². The maximum atomic E-state index is 13.2. The lowest BCUT2D eigenvalue weighted by atomic mass is 10.0. The Morgan fingerprint density at radius 3 is 2.41 bits per heavy atom. The average Bonchev–Trinajstić information content (AvgIpc) is 3.47. The smallest absolute Gasteiger partial charge is 0.300 e. The first-order chi connectivity index (χ1) is 16.5. The summed E-state index contributed by atoms with van der Waals surface area (Å²) < 4.78 is 5.92. The van der Waals surface area contributed by atoms with E-state index in [1.807, 2.05) is 48.7 Å². The maximum Gasteiger partial charge on any atom is 0.300 e. The van der Waals surface area contributed by atoms with Crippen LogP contribution in [0.15, 0.2) is 96.1 Å². The van der Waals surface area contributed by atoms with Gasteiger partial charge in [-0.25, -0.2) is 0 Å². The third kappa shape index (κ3) is 3.97. The molecule has 4 aromatic rings. The fraction of sp³-hybridized carbons (Fsp3) is 0.0741. The first-order valence-corrected chi connectivity index (χ1v) is 11.5. The molecular formula is C27H20N2O4S. The summed E-state index contributed by atoms with van der Waals surface area (Å²) in [6.45, 7) is 1.99. The van der Waals surface area contributed by atoms with E-state index < -0.39 is 17.7 Å². The lowest BCUT2D eigenvalue weighted by molar-refractivity contribution is -0.132. The van der Waals surface area contributed by atoms with Crippen LogP contribution in [0, 0.1) is 6.92 Å². The SMILES string of the molecule is Cc1cccc(Oc2ccc(N3C(=O)C(=O)/C(=C(\O)c4ccncc4)C3c3cccs3)cc2)c1. The van der Waals surface area contributed by atoms with Gasteiger partial charge >= 0.3 is 0 Å². The summed E-state index contributed by atoms with van der Waals surface area (Å²) in [5, 5.41) is 12.9. The van der Waals surface area contributed by atoms with Gasteiger partial charge in [-0.05, 0) is 72.5 Å². The molecule has 7 heteroatoms. The van der Waals surface area contributed by atoms with Crippen molar-refractivity contribution in [2.75, 3.05) is 4.90 Å². The number of aryl methyl sites for hydroxylation is 1. The van der Waals surface area contributed by atoms with Crippen LogP contribution in [0.25, 0.3) is 5.76 Å². The van der Waals surface area contributed by atoms with Crippen LogP contribution in [-0.2, 0) is 9.59 Å². The number of Topliss-reactive ketones (excluding diaryl/α,β-unsaturated/α-hetero) is 1. The molecular weight excluding hydrogens is 448 g/mol. The lowest BCUT2D eigenvalue weighted by Gasteiger charge is -2.24. The Hall–Kier alpha value is -4.23. The second-order valence-electron chi connectivity index (χ2n) is 7.83. The molecule has 1 aliphatic rings. The largest absolute Gasteiger partial charge is 0.507 e. The van der Waals surface area contributed by atoms with Crippen molar-refractivity contribution >= 4 is 34.5 Å². The zero-order valence-electron chi connectivity index (χ0n) is 18.2. The Kier molecular flexibility index (Phi) is 5.69. The van der Waals surface area contributed by atoms with Gasteiger partial charge in [0.2, 0.25) is 0 Å². The van der Waals surface area contributed by atoms with E-state index in [0.717, 1.165) is 10.4 Å². The van der Waals surface area contributed by atoms with Gasteiger partial charge in [-0.2, -0.15) is 0 Å². The number of carbonyl (C=O) groups is 2. The number of hydrogen-bond donors (Lipinski definition) is 1. The lowest BCUT2D eigenvalue weighted by Crippen LogP contribution is -2.29. The number of anilines is 1. The van der Waals surface area contributed by atoms with Gasteiger partial charge in [0.05, 0.1) is 5.57 Å². The van der Waals surface area contributed by atoms with Gasteiger partial charge in [-0.3, -0.25) is 19.5 Å². The third-order valence-electron chi connectivity index (χ3n) is 5.55. The number of rotatable bonds is 5. The molecule has 2 aromatic carbocycles. The molecule has 5 rings (SSSR count). The number of nitrogens with zero attached hydrogens (tertiary/aromatic N) is 2. The Balaban J connectivity index is 1.54. The van der Waals surface area contributed by atoms with E-state index in [9.17, 15) is 14.7 Å². The summed E-state index contributed by atoms with van der Waals surface area (Å²) in [6.07, 6.45) is 3.05. The second kappa shape index (κ2) is 8.96. The number of pyridine rings is 1. The minimum absolute atomic E-state index is 0.0544. The molecule has 1 atom stereocenters. The number of benzene rings is 2. The minimum atomic E-state index is -0.739. The van der Waals surface area contributed by atoms with Crippen LogP contribution in [-0.4, -0.2) is 21.8 Å². The van der Waals surface area contributed by atoms with Crippen molar-refractivity contribution in [2.45, 2.75) is 13.0 Å². The fourth-order valence-corrected chi connectivity index (χ4v) is 4.79. The molecule has 0 bridgehead atoms. The molecule has 1 unspecified atom stereocenters. The van der Waals surface area contributed by atoms with Crippen molar-refractivity contribution in [3.63, 3.8) is 0 Å². The number of hydrogen-bond acceptors (Lipinski definition) is 6. The third-order valence-corrected chi connectivity index (χ3v) is 6.48. The van der Waals surface area contributed by atoms with Crippen LogP contribution in [0.3, 0.4) is 0 Å². The molecule has 6 nitrogen and oxygen atoms in total. The van der Waals surface area contributed by atoms with Crippen LogP contribution in [0.2, 0.25) is 0 Å². The number of ketones is 1. The monoisotopic (exact) mass is 468 g/mol. The highest BCUT2D eigenvalue weighted by molar-refractivity contribution is 7.10. The molecule has 0 saturated carbocycles. The molecule has 0 radical (unpaired) electrons. The van der Waals surface area contributed by atoms with E-state index in [0.29, 0.717) is 22.7 Å². The number of carbonyl (C=O) groups excluding carboxylic acids is 2. The van der Waals surface area contributed by atoms with Gasteiger partial charge in [0, 0.05) is 28.5 Å². The van der Waals surface area contributed by atoms with Crippen molar-refractivity contribution in [3.05, 3.63) is 112 Å². The number of aliphatic hydroxyl groups is 1. The van der Waals surface area contributed by atoms with E-state index in [-0.39, 0.29) is 11.3 Å². The number of amides is 1. The first kappa shape index (κ1) is 21.6. The van der Waals surface area contributed by atoms with E-state index in [2.05, 4.69) is 4.98 Å². The number of ether oxygens (including phenoxy) is 1. The molecule has 168 valence electrons. The summed E-state index contributed by atoms with van der Waals surface area (Å²) >= 11 is 1.42. The molecule has 1 amide bonds. The Morgan fingerprint density at radius 1 is 0.971 bits per heavy atom. The van der Waals surface area contributed by atoms with E-state index in [1.54, 1.807) is 36.4 Å². The molecule has 34 heavy (non-hydrogen) atoms. The van der Waals surface area contributed by atoms with Crippen LogP contribution >= 0.6 is 11.3 Å². The Morgan fingerprint density at radius 2 is 1.74 bits per heavy atom. The maximum absolute atomic E-state index is 13.2. The first-order valence-electron chi connectivity index (χ1n) is 10.6. The predicted molar refractivity (Wildman–Crippen MR) is 131 cm³/mol. The van der Waals surface area contributed by atoms with Gasteiger partial charge < -0.3 is 9.84 Å². The van der Waals surface area contributed by atoms with Gasteiger partial charge in [-0.1, -0.05) is 18.2 Å². The van der Waals surface area contributed by atoms with Gasteiger partial charge in [0.25, 0.3) is 11.7 Å². The molecule has 1 fully saturated rings. The van der Waals surface area contributed by atoms with E-state index in [1.165, 1.54) is 28.6 Å². The normalized spacial score (nSPS) is 17.2. The van der Waals surface area contributed by atoms with Crippen LogP contribution in [0.4, 0.5) is 5.69 Å². The number of aliphatic hydroxyl groups excluding tert-OH is 1. The average molecular weight is 469 g/mol.